The number of hydrogen-bond donors (Lipinski definition) is 3. The molecule has 2 rings (SSSR count). The molecule has 0 bridgehead atoms. The lowest BCUT2D eigenvalue weighted by Crippen LogP contribution is -2.44. The molecule has 0 aromatic heterocycles. The number of amides is 2. The Labute approximate surface area is 178 Å². The number of benzene rings is 2. The number of aryl methyl sites for hydroxylation is 1. The fourth-order valence-corrected chi connectivity index (χ4v) is 2.57. The first kappa shape index (κ1) is 24.5. The highest BCUT2D eigenvalue weighted by Gasteiger charge is 2.16. The van der Waals surface area contributed by atoms with Crippen molar-refractivity contribution in [1.82, 2.24) is 5.32 Å². The van der Waals surface area contributed by atoms with Crippen molar-refractivity contribution >= 4 is 29.9 Å². The van der Waals surface area contributed by atoms with Gasteiger partial charge in [0.1, 0.15) is 5.75 Å². The molecule has 2 aromatic carbocycles. The molecular formula is C22H30ClN3O3. The lowest BCUT2D eigenvalue weighted by atomic mass is 10.0. The lowest BCUT2D eigenvalue weighted by molar-refractivity contribution is -0.123. The molecule has 0 aliphatic rings. The monoisotopic (exact) mass is 419 g/mol. The predicted molar refractivity (Wildman–Crippen MR) is 119 cm³/mol. The van der Waals surface area contributed by atoms with E-state index >= 15 is 0 Å². The minimum Gasteiger partial charge on any atom is -0.484 e. The Kier molecular flexibility index (Phi) is 10.2. The van der Waals surface area contributed by atoms with Crippen LogP contribution in [0.3, 0.4) is 0 Å². The largest absolute Gasteiger partial charge is 0.484 e. The van der Waals surface area contributed by atoms with Gasteiger partial charge in [-0.15, -0.1) is 12.4 Å². The molecule has 0 unspecified atom stereocenters. The summed E-state index contributed by atoms with van der Waals surface area (Å²) in [5, 5.41) is 5.65. The zero-order chi connectivity index (χ0) is 20.5. The van der Waals surface area contributed by atoms with Crippen LogP contribution >= 0.6 is 12.4 Å². The fourth-order valence-electron chi connectivity index (χ4n) is 2.57. The lowest BCUT2D eigenvalue weighted by Gasteiger charge is -2.15. The number of halogens is 1. The third kappa shape index (κ3) is 8.54. The van der Waals surface area contributed by atoms with Gasteiger partial charge in [0, 0.05) is 12.2 Å². The first-order valence-corrected chi connectivity index (χ1v) is 9.46. The van der Waals surface area contributed by atoms with Crippen molar-refractivity contribution in [3.63, 3.8) is 0 Å². The zero-order valence-corrected chi connectivity index (χ0v) is 17.9. The highest BCUT2D eigenvalue weighted by molar-refractivity contribution is 5.91. The van der Waals surface area contributed by atoms with E-state index in [0.717, 1.165) is 16.8 Å². The van der Waals surface area contributed by atoms with Crippen molar-refractivity contribution in [2.24, 2.45) is 11.7 Å². The number of nitrogens with two attached hydrogens (primary N) is 1. The number of rotatable bonds is 9. The molecule has 1 atom stereocenters. The maximum absolute atomic E-state index is 12.0. The summed E-state index contributed by atoms with van der Waals surface area (Å²) in [5.74, 6) is 0.391. The number of hydrogen-bond acceptors (Lipinski definition) is 4. The van der Waals surface area contributed by atoms with Crippen LogP contribution in [-0.2, 0) is 16.0 Å². The Morgan fingerprint density at radius 1 is 1.10 bits per heavy atom. The summed E-state index contributed by atoms with van der Waals surface area (Å²) in [5.41, 5.74) is 8.71. The maximum atomic E-state index is 12.0. The Balaban J connectivity index is 0.00000420. The summed E-state index contributed by atoms with van der Waals surface area (Å²) in [6.07, 6.45) is 0.699. The Bertz CT molecular complexity index is 794. The van der Waals surface area contributed by atoms with Crippen molar-refractivity contribution < 1.29 is 14.3 Å². The first-order valence-electron chi connectivity index (χ1n) is 9.46. The fraction of sp³-hybridized carbons (Fsp3) is 0.364. The van der Waals surface area contributed by atoms with Crippen LogP contribution < -0.4 is 21.1 Å². The summed E-state index contributed by atoms with van der Waals surface area (Å²) in [4.78, 5) is 23.8. The number of carbonyl (C=O) groups is 2. The molecule has 0 saturated heterocycles. The molecule has 2 aromatic rings. The van der Waals surface area contributed by atoms with E-state index < -0.39 is 6.04 Å². The molecule has 0 heterocycles. The predicted octanol–water partition coefficient (Wildman–Crippen LogP) is 3.08. The van der Waals surface area contributed by atoms with Gasteiger partial charge in [0.05, 0.1) is 6.04 Å². The second kappa shape index (κ2) is 12.1. The van der Waals surface area contributed by atoms with Crippen LogP contribution in [0.2, 0.25) is 0 Å². The van der Waals surface area contributed by atoms with Crippen LogP contribution in [0, 0.1) is 12.8 Å². The van der Waals surface area contributed by atoms with Crippen molar-refractivity contribution in [2.45, 2.75) is 33.2 Å². The van der Waals surface area contributed by atoms with E-state index in [0.29, 0.717) is 18.7 Å². The summed E-state index contributed by atoms with van der Waals surface area (Å²) < 4.78 is 5.53. The number of carbonyl (C=O) groups excluding carboxylic acids is 2. The van der Waals surface area contributed by atoms with E-state index in [1.165, 1.54) is 0 Å². The normalized spacial score (nSPS) is 11.3. The third-order valence-corrected chi connectivity index (χ3v) is 4.33. The van der Waals surface area contributed by atoms with Crippen molar-refractivity contribution in [3.05, 3.63) is 59.7 Å². The second-order valence-electron chi connectivity index (χ2n) is 7.16. The summed E-state index contributed by atoms with van der Waals surface area (Å²) >= 11 is 0. The van der Waals surface area contributed by atoms with E-state index in [-0.39, 0.29) is 36.7 Å². The molecule has 0 saturated carbocycles. The van der Waals surface area contributed by atoms with Crippen LogP contribution in [0.5, 0.6) is 5.75 Å². The van der Waals surface area contributed by atoms with Crippen LogP contribution in [0.1, 0.15) is 25.0 Å². The molecule has 0 radical (unpaired) electrons. The third-order valence-electron chi connectivity index (χ3n) is 4.33. The van der Waals surface area contributed by atoms with Gasteiger partial charge in [0.25, 0.3) is 5.91 Å². The smallest absolute Gasteiger partial charge is 0.262 e. The molecule has 0 aliphatic carbocycles. The highest BCUT2D eigenvalue weighted by atomic mass is 35.5. The van der Waals surface area contributed by atoms with Gasteiger partial charge >= 0.3 is 0 Å². The molecule has 7 heteroatoms. The molecule has 0 spiro atoms. The average molecular weight is 420 g/mol. The van der Waals surface area contributed by atoms with Gasteiger partial charge in [-0.05, 0) is 54.7 Å². The van der Waals surface area contributed by atoms with Gasteiger partial charge < -0.3 is 21.1 Å². The van der Waals surface area contributed by atoms with Crippen molar-refractivity contribution in [3.8, 4) is 5.75 Å². The standard InChI is InChI=1S/C22H29N3O3.ClH/c1-15(2)21(23)22(27)24-12-11-17-7-9-19(10-8-17)28-14-20(26)25-18-6-4-5-16(3)13-18;/h4-10,13,15,21H,11-12,14,23H2,1-3H3,(H,24,27)(H,25,26);1H/t21-;/m0./s1. The Hall–Kier alpha value is -2.57. The van der Waals surface area contributed by atoms with Gasteiger partial charge in [0.2, 0.25) is 5.91 Å². The molecule has 4 N–H and O–H groups in total. The zero-order valence-electron chi connectivity index (χ0n) is 17.1. The van der Waals surface area contributed by atoms with Crippen LogP contribution in [0.25, 0.3) is 0 Å². The summed E-state index contributed by atoms with van der Waals surface area (Å²) in [6, 6.07) is 14.6. The topological polar surface area (TPSA) is 93.5 Å². The molecule has 6 nitrogen and oxygen atoms in total. The number of anilines is 1. The molecule has 158 valence electrons. The summed E-state index contributed by atoms with van der Waals surface area (Å²) in [6.45, 7) is 6.28. The van der Waals surface area contributed by atoms with E-state index in [1.807, 2.05) is 69.3 Å². The SMILES string of the molecule is Cc1cccc(NC(=O)COc2ccc(CCNC(=O)[C@@H](N)C(C)C)cc2)c1.Cl. The molecule has 0 fully saturated rings. The van der Waals surface area contributed by atoms with Gasteiger partial charge in [0.15, 0.2) is 6.61 Å². The van der Waals surface area contributed by atoms with E-state index in [1.54, 1.807) is 0 Å². The maximum Gasteiger partial charge on any atom is 0.262 e. The minimum absolute atomic E-state index is 0. The highest BCUT2D eigenvalue weighted by Crippen LogP contribution is 2.13. The Morgan fingerprint density at radius 2 is 1.79 bits per heavy atom. The van der Waals surface area contributed by atoms with E-state index in [9.17, 15) is 9.59 Å². The Morgan fingerprint density at radius 3 is 2.41 bits per heavy atom. The average Bonchev–Trinajstić information content (AvgIpc) is 2.66. The number of nitrogens with one attached hydrogen (secondary N) is 2. The molecule has 29 heavy (non-hydrogen) atoms. The summed E-state index contributed by atoms with van der Waals surface area (Å²) in [7, 11) is 0. The van der Waals surface area contributed by atoms with Crippen LogP contribution in [0.4, 0.5) is 5.69 Å². The van der Waals surface area contributed by atoms with Crippen LogP contribution in [0.15, 0.2) is 48.5 Å². The quantitative estimate of drug-likeness (QED) is 0.582. The number of ether oxygens (including phenoxy) is 1. The molecular weight excluding hydrogens is 390 g/mol. The van der Waals surface area contributed by atoms with Gasteiger partial charge in [-0.3, -0.25) is 9.59 Å². The van der Waals surface area contributed by atoms with E-state index in [2.05, 4.69) is 10.6 Å². The first-order chi connectivity index (χ1) is 13.3. The second-order valence-corrected chi connectivity index (χ2v) is 7.16. The minimum atomic E-state index is -0.485. The van der Waals surface area contributed by atoms with Crippen LogP contribution in [-0.4, -0.2) is 31.0 Å². The van der Waals surface area contributed by atoms with Crippen molar-refractivity contribution in [2.75, 3.05) is 18.5 Å². The molecule has 0 aliphatic heterocycles. The van der Waals surface area contributed by atoms with E-state index in [4.69, 9.17) is 10.5 Å². The van der Waals surface area contributed by atoms with Gasteiger partial charge in [-0.2, -0.15) is 0 Å². The molecule has 2 amide bonds. The van der Waals surface area contributed by atoms with Crippen molar-refractivity contribution in [1.29, 1.82) is 0 Å². The van der Waals surface area contributed by atoms with Gasteiger partial charge in [-0.25, -0.2) is 0 Å². The van der Waals surface area contributed by atoms with Gasteiger partial charge in [-0.1, -0.05) is 38.1 Å².